The van der Waals surface area contributed by atoms with Crippen molar-refractivity contribution in [2.24, 2.45) is 4.99 Å². The quantitative estimate of drug-likeness (QED) is 0.343. The van der Waals surface area contributed by atoms with Gasteiger partial charge in [-0.2, -0.15) is 0 Å². The molecular formula is C21H37N5O2. The van der Waals surface area contributed by atoms with Crippen molar-refractivity contribution >= 4 is 5.96 Å². The largest absolute Gasteiger partial charge is 0.475 e. The van der Waals surface area contributed by atoms with Crippen molar-refractivity contribution < 1.29 is 9.47 Å². The number of hydrogen-bond acceptors (Lipinski definition) is 5. The number of methoxy groups -OCH3 is 1. The minimum atomic E-state index is 0.505. The average Bonchev–Trinajstić information content (AvgIpc) is 2.73. The highest BCUT2D eigenvalue weighted by atomic mass is 16.5. The van der Waals surface area contributed by atoms with E-state index in [2.05, 4.69) is 39.4 Å². The van der Waals surface area contributed by atoms with Crippen molar-refractivity contribution in [3.05, 3.63) is 23.9 Å². The first kappa shape index (κ1) is 22.4. The van der Waals surface area contributed by atoms with Gasteiger partial charge in [-0.15, -0.1) is 0 Å². The van der Waals surface area contributed by atoms with Crippen LogP contribution in [0.3, 0.4) is 0 Å². The predicted octanol–water partition coefficient (Wildman–Crippen LogP) is 2.43. The lowest BCUT2D eigenvalue weighted by Crippen LogP contribution is -2.45. The second kappa shape index (κ2) is 13.3. The molecular weight excluding hydrogens is 354 g/mol. The molecule has 1 unspecified atom stereocenters. The van der Waals surface area contributed by atoms with Gasteiger partial charge in [0, 0.05) is 45.0 Å². The van der Waals surface area contributed by atoms with E-state index in [0.29, 0.717) is 25.6 Å². The third-order valence-corrected chi connectivity index (χ3v) is 5.01. The maximum absolute atomic E-state index is 5.49. The molecule has 7 nitrogen and oxygen atoms in total. The summed E-state index contributed by atoms with van der Waals surface area (Å²) >= 11 is 0. The van der Waals surface area contributed by atoms with Crippen molar-refractivity contribution in [3.8, 4) is 5.88 Å². The van der Waals surface area contributed by atoms with Crippen LogP contribution in [-0.2, 0) is 11.3 Å². The molecule has 1 atom stereocenters. The second-order valence-corrected chi connectivity index (χ2v) is 7.06. The number of piperidine rings is 1. The topological polar surface area (TPSA) is 71.0 Å². The fourth-order valence-corrected chi connectivity index (χ4v) is 3.47. The van der Waals surface area contributed by atoms with Gasteiger partial charge < -0.3 is 20.1 Å². The lowest BCUT2D eigenvalue weighted by molar-refractivity contribution is 0.143. The Balaban J connectivity index is 1.79. The van der Waals surface area contributed by atoms with Crippen LogP contribution < -0.4 is 15.4 Å². The van der Waals surface area contributed by atoms with Gasteiger partial charge in [-0.1, -0.05) is 19.4 Å². The monoisotopic (exact) mass is 391 g/mol. The van der Waals surface area contributed by atoms with Gasteiger partial charge in [-0.05, 0) is 38.3 Å². The third kappa shape index (κ3) is 8.02. The number of rotatable bonds is 11. The van der Waals surface area contributed by atoms with Crippen LogP contribution >= 0.6 is 0 Å². The molecule has 0 aromatic carbocycles. The summed E-state index contributed by atoms with van der Waals surface area (Å²) in [6.45, 7) is 10.1. The summed E-state index contributed by atoms with van der Waals surface area (Å²) in [7, 11) is 1.66. The van der Waals surface area contributed by atoms with E-state index in [4.69, 9.17) is 9.47 Å². The zero-order valence-electron chi connectivity index (χ0n) is 17.7. The van der Waals surface area contributed by atoms with Crippen molar-refractivity contribution in [1.82, 2.24) is 20.5 Å². The highest BCUT2D eigenvalue weighted by molar-refractivity contribution is 5.79. The van der Waals surface area contributed by atoms with E-state index in [9.17, 15) is 0 Å². The fourth-order valence-electron chi connectivity index (χ4n) is 3.47. The second-order valence-electron chi connectivity index (χ2n) is 7.06. The van der Waals surface area contributed by atoms with Crippen LogP contribution in [0.4, 0.5) is 0 Å². The van der Waals surface area contributed by atoms with Gasteiger partial charge in [0.1, 0.15) is 6.61 Å². The summed E-state index contributed by atoms with van der Waals surface area (Å²) in [5, 5.41) is 6.79. The summed E-state index contributed by atoms with van der Waals surface area (Å²) in [6, 6.07) is 4.62. The molecule has 2 rings (SSSR count). The van der Waals surface area contributed by atoms with Crippen LogP contribution in [-0.4, -0.2) is 68.4 Å². The van der Waals surface area contributed by atoms with E-state index in [-0.39, 0.29) is 0 Å². The molecule has 28 heavy (non-hydrogen) atoms. The maximum atomic E-state index is 5.49. The summed E-state index contributed by atoms with van der Waals surface area (Å²) in [6.07, 6.45) is 7.09. The van der Waals surface area contributed by atoms with Crippen molar-refractivity contribution in [2.75, 3.05) is 46.5 Å². The van der Waals surface area contributed by atoms with E-state index in [1.54, 1.807) is 7.11 Å². The smallest absolute Gasteiger partial charge is 0.213 e. The van der Waals surface area contributed by atoms with Crippen molar-refractivity contribution in [3.63, 3.8) is 0 Å². The Labute approximate surface area is 169 Å². The van der Waals surface area contributed by atoms with E-state index in [1.165, 1.54) is 32.2 Å². The predicted molar refractivity (Wildman–Crippen MR) is 114 cm³/mol. The molecule has 1 aliphatic heterocycles. The molecule has 2 heterocycles. The van der Waals surface area contributed by atoms with Gasteiger partial charge in [0.25, 0.3) is 0 Å². The van der Waals surface area contributed by atoms with Gasteiger partial charge >= 0.3 is 0 Å². The van der Waals surface area contributed by atoms with Gasteiger partial charge in [-0.25, -0.2) is 9.98 Å². The summed E-state index contributed by atoms with van der Waals surface area (Å²) in [5.74, 6) is 1.47. The molecule has 1 aliphatic rings. The van der Waals surface area contributed by atoms with Crippen LogP contribution in [0.2, 0.25) is 0 Å². The number of ether oxygens (including phenoxy) is 2. The Kier molecular flexibility index (Phi) is 10.7. The molecule has 0 aliphatic carbocycles. The standard InChI is InChI=1S/C21H37N5O2/c1-4-19-8-6-7-12-26(19)13-11-23-21(22-5-2)25-17-18-9-10-20(24-16-18)28-15-14-27-3/h9-10,16,19H,4-8,11-15,17H2,1-3H3,(H2,22,23,25). The van der Waals surface area contributed by atoms with Crippen LogP contribution in [0, 0.1) is 0 Å². The fraction of sp³-hybridized carbons (Fsp3) is 0.714. The Morgan fingerprint density at radius 2 is 2.14 bits per heavy atom. The summed E-state index contributed by atoms with van der Waals surface area (Å²) in [5.41, 5.74) is 1.05. The number of nitrogens with zero attached hydrogens (tertiary/aromatic N) is 3. The number of nitrogens with one attached hydrogen (secondary N) is 2. The summed E-state index contributed by atoms with van der Waals surface area (Å²) in [4.78, 5) is 11.6. The van der Waals surface area contributed by atoms with Crippen LogP contribution in [0.1, 0.15) is 45.1 Å². The van der Waals surface area contributed by atoms with Gasteiger partial charge in [-0.3, -0.25) is 4.90 Å². The lowest BCUT2D eigenvalue weighted by atomic mass is 10.0. The SMILES string of the molecule is CCNC(=NCc1ccc(OCCOC)nc1)NCCN1CCCCC1CC. The molecule has 7 heteroatoms. The van der Waals surface area contributed by atoms with E-state index >= 15 is 0 Å². The molecule has 0 amide bonds. The van der Waals surface area contributed by atoms with Crippen molar-refractivity contribution in [2.45, 2.75) is 52.1 Å². The first-order valence-corrected chi connectivity index (χ1v) is 10.6. The molecule has 0 spiro atoms. The molecule has 158 valence electrons. The normalized spacial score (nSPS) is 18.1. The number of aliphatic imine (C=N–C) groups is 1. The highest BCUT2D eigenvalue weighted by Gasteiger charge is 2.19. The van der Waals surface area contributed by atoms with E-state index in [0.717, 1.165) is 37.2 Å². The highest BCUT2D eigenvalue weighted by Crippen LogP contribution is 2.18. The van der Waals surface area contributed by atoms with Crippen LogP contribution in [0.15, 0.2) is 23.3 Å². The van der Waals surface area contributed by atoms with Crippen LogP contribution in [0.5, 0.6) is 5.88 Å². The number of pyridine rings is 1. The van der Waals surface area contributed by atoms with E-state index in [1.807, 2.05) is 18.3 Å². The number of guanidine groups is 1. The molecule has 0 bridgehead atoms. The number of likely N-dealkylation sites (tertiary alicyclic amines) is 1. The molecule has 1 aromatic heterocycles. The van der Waals surface area contributed by atoms with Gasteiger partial charge in [0.2, 0.25) is 5.88 Å². The Hall–Kier alpha value is -1.86. The molecule has 2 N–H and O–H groups in total. The first-order chi connectivity index (χ1) is 13.8. The molecule has 0 saturated carbocycles. The third-order valence-electron chi connectivity index (χ3n) is 5.01. The van der Waals surface area contributed by atoms with Gasteiger partial charge in [0.05, 0.1) is 13.2 Å². The number of aromatic nitrogens is 1. The first-order valence-electron chi connectivity index (χ1n) is 10.6. The van der Waals surface area contributed by atoms with Crippen molar-refractivity contribution in [1.29, 1.82) is 0 Å². The minimum Gasteiger partial charge on any atom is -0.475 e. The van der Waals surface area contributed by atoms with Crippen LogP contribution in [0.25, 0.3) is 0 Å². The maximum Gasteiger partial charge on any atom is 0.213 e. The number of hydrogen-bond donors (Lipinski definition) is 2. The lowest BCUT2D eigenvalue weighted by Gasteiger charge is -2.35. The molecule has 1 fully saturated rings. The zero-order chi connectivity index (χ0) is 20.0. The molecule has 1 aromatic rings. The minimum absolute atomic E-state index is 0.505. The van der Waals surface area contributed by atoms with Gasteiger partial charge in [0.15, 0.2) is 5.96 Å². The average molecular weight is 392 g/mol. The molecule has 1 saturated heterocycles. The Morgan fingerprint density at radius 3 is 2.86 bits per heavy atom. The van der Waals surface area contributed by atoms with E-state index < -0.39 is 0 Å². The Bertz CT molecular complexity index is 564. The zero-order valence-corrected chi connectivity index (χ0v) is 17.7. The summed E-state index contributed by atoms with van der Waals surface area (Å²) < 4.78 is 10.5. The Morgan fingerprint density at radius 1 is 1.25 bits per heavy atom. The molecule has 0 radical (unpaired) electrons.